The van der Waals surface area contributed by atoms with Crippen molar-refractivity contribution in [3.05, 3.63) is 34.8 Å². The number of hydrogen-bond acceptors (Lipinski definition) is 4. The van der Waals surface area contributed by atoms with Crippen LogP contribution in [0.15, 0.2) is 33.5 Å². The molecule has 1 aromatic carbocycles. The lowest BCUT2D eigenvalue weighted by Gasteiger charge is -2.31. The number of piperidine rings is 1. The smallest absolute Gasteiger partial charge is 0.408 e. The van der Waals surface area contributed by atoms with E-state index in [0.29, 0.717) is 12.3 Å². The van der Waals surface area contributed by atoms with Crippen molar-refractivity contribution < 1.29 is 9.21 Å². The number of nitrogens with zero attached hydrogens (tertiary/aromatic N) is 2. The fraction of sp³-hybridized carbons (Fsp3) is 0.579. The summed E-state index contributed by atoms with van der Waals surface area (Å²) >= 11 is 0. The first-order valence-electron chi connectivity index (χ1n) is 9.27. The molecular formula is C19H27N3O3. The molecular weight excluding hydrogens is 318 g/mol. The van der Waals surface area contributed by atoms with Gasteiger partial charge in [0.05, 0.1) is 12.2 Å². The Morgan fingerprint density at radius 1 is 1.24 bits per heavy atom. The predicted molar refractivity (Wildman–Crippen MR) is 97.3 cm³/mol. The second-order valence-corrected chi connectivity index (χ2v) is 6.80. The molecule has 0 bridgehead atoms. The molecule has 0 saturated carbocycles. The van der Waals surface area contributed by atoms with Crippen LogP contribution in [0.25, 0.3) is 11.1 Å². The Morgan fingerprint density at radius 2 is 2.00 bits per heavy atom. The molecule has 136 valence electrons. The fourth-order valence-corrected chi connectivity index (χ4v) is 3.42. The first-order chi connectivity index (χ1) is 12.2. The number of carbonyl (C=O) groups excluding carboxylic acids is 1. The van der Waals surface area contributed by atoms with Crippen LogP contribution in [0.5, 0.6) is 0 Å². The summed E-state index contributed by atoms with van der Waals surface area (Å²) in [5.74, 6) is -0.0469. The van der Waals surface area contributed by atoms with Crippen molar-refractivity contribution >= 4 is 17.0 Å². The van der Waals surface area contributed by atoms with Crippen LogP contribution in [0.2, 0.25) is 0 Å². The highest BCUT2D eigenvalue weighted by atomic mass is 16.4. The van der Waals surface area contributed by atoms with E-state index < -0.39 is 0 Å². The van der Waals surface area contributed by atoms with Crippen molar-refractivity contribution in [3.63, 3.8) is 0 Å². The van der Waals surface area contributed by atoms with E-state index in [0.717, 1.165) is 57.3 Å². The molecule has 1 aliphatic heterocycles. The molecule has 2 aromatic rings. The van der Waals surface area contributed by atoms with E-state index in [-0.39, 0.29) is 17.6 Å². The number of hydrogen-bond donors (Lipinski definition) is 1. The summed E-state index contributed by atoms with van der Waals surface area (Å²) < 4.78 is 6.95. The third-order valence-electron chi connectivity index (χ3n) is 4.95. The van der Waals surface area contributed by atoms with Crippen LogP contribution in [0, 0.1) is 5.92 Å². The van der Waals surface area contributed by atoms with E-state index in [4.69, 9.17) is 4.42 Å². The Kier molecular flexibility index (Phi) is 5.91. The molecule has 0 aliphatic carbocycles. The minimum atomic E-state index is -0.322. The topological polar surface area (TPSA) is 67.5 Å². The number of nitrogens with one attached hydrogen (secondary N) is 1. The lowest BCUT2D eigenvalue weighted by molar-refractivity contribution is -0.126. The third kappa shape index (κ3) is 4.31. The summed E-state index contributed by atoms with van der Waals surface area (Å²) in [5.41, 5.74) is 1.44. The van der Waals surface area contributed by atoms with Crippen LogP contribution in [-0.2, 0) is 11.5 Å². The zero-order valence-corrected chi connectivity index (χ0v) is 14.9. The highest BCUT2D eigenvalue weighted by Gasteiger charge is 2.25. The summed E-state index contributed by atoms with van der Waals surface area (Å²) in [6.07, 6.45) is 5.05. The lowest BCUT2D eigenvalue weighted by Crippen LogP contribution is -2.42. The van der Waals surface area contributed by atoms with Crippen molar-refractivity contribution in [2.45, 2.75) is 45.7 Å². The average molecular weight is 345 g/mol. The number of amides is 1. The minimum Gasteiger partial charge on any atom is -0.408 e. The molecule has 1 N–H and O–H groups in total. The number of fused-ring (bicyclic) bond motifs is 1. The van der Waals surface area contributed by atoms with Gasteiger partial charge < -0.3 is 9.73 Å². The number of para-hydroxylation sites is 2. The number of likely N-dealkylation sites (tertiary alicyclic amines) is 1. The van der Waals surface area contributed by atoms with E-state index in [1.165, 1.54) is 0 Å². The monoisotopic (exact) mass is 345 g/mol. The molecule has 0 spiro atoms. The molecule has 1 amide bonds. The second-order valence-electron chi connectivity index (χ2n) is 6.80. The number of unbranched alkanes of at least 4 members (excludes halogenated alkanes) is 2. The maximum Gasteiger partial charge on any atom is 0.421 e. The van der Waals surface area contributed by atoms with Gasteiger partial charge in [0.1, 0.15) is 0 Å². The van der Waals surface area contributed by atoms with Crippen molar-refractivity contribution in [1.29, 1.82) is 0 Å². The average Bonchev–Trinajstić information content (AvgIpc) is 2.95. The standard InChI is InChI=1S/C19H27N3O3/c1-2-3-6-11-20-18(23)15-9-12-21(13-10-15)14-22-16-7-4-5-8-17(16)25-19(22)24/h4-5,7-8,15H,2-3,6,9-14H2,1H3,(H,20,23). The summed E-state index contributed by atoms with van der Waals surface area (Å²) in [6.45, 7) is 5.09. The summed E-state index contributed by atoms with van der Waals surface area (Å²) in [5, 5.41) is 3.05. The van der Waals surface area contributed by atoms with Crippen LogP contribution in [-0.4, -0.2) is 35.0 Å². The third-order valence-corrected chi connectivity index (χ3v) is 4.95. The predicted octanol–water partition coefficient (Wildman–Crippen LogP) is 2.57. The van der Waals surface area contributed by atoms with Gasteiger partial charge >= 0.3 is 5.76 Å². The number of rotatable bonds is 7. The molecule has 6 heteroatoms. The van der Waals surface area contributed by atoms with Crippen molar-refractivity contribution in [1.82, 2.24) is 14.8 Å². The Balaban J connectivity index is 1.51. The molecule has 0 radical (unpaired) electrons. The number of benzene rings is 1. The van der Waals surface area contributed by atoms with Crippen molar-refractivity contribution in [2.24, 2.45) is 5.92 Å². The van der Waals surface area contributed by atoms with Gasteiger partial charge in [-0.3, -0.25) is 14.3 Å². The van der Waals surface area contributed by atoms with Gasteiger partial charge in [0.15, 0.2) is 5.58 Å². The first-order valence-corrected chi connectivity index (χ1v) is 9.27. The lowest BCUT2D eigenvalue weighted by atomic mass is 9.96. The van der Waals surface area contributed by atoms with E-state index in [2.05, 4.69) is 17.1 Å². The molecule has 1 saturated heterocycles. The quantitative estimate of drug-likeness (QED) is 0.783. The second kappa shape index (κ2) is 8.34. The van der Waals surface area contributed by atoms with Crippen LogP contribution in [0.3, 0.4) is 0 Å². The molecule has 25 heavy (non-hydrogen) atoms. The molecule has 1 fully saturated rings. The summed E-state index contributed by atoms with van der Waals surface area (Å²) in [6, 6.07) is 7.47. The summed E-state index contributed by atoms with van der Waals surface area (Å²) in [4.78, 5) is 26.5. The van der Waals surface area contributed by atoms with Gasteiger partial charge in [0.2, 0.25) is 5.91 Å². The van der Waals surface area contributed by atoms with Gasteiger partial charge in [-0.1, -0.05) is 31.9 Å². The Bertz CT molecular complexity index is 757. The van der Waals surface area contributed by atoms with Gasteiger partial charge in [0.25, 0.3) is 0 Å². The van der Waals surface area contributed by atoms with Gasteiger partial charge in [-0.25, -0.2) is 4.79 Å². The Labute approximate surface area is 147 Å². The summed E-state index contributed by atoms with van der Waals surface area (Å²) in [7, 11) is 0. The van der Waals surface area contributed by atoms with E-state index >= 15 is 0 Å². The van der Waals surface area contributed by atoms with Gasteiger partial charge in [0, 0.05) is 25.6 Å². The minimum absolute atomic E-state index is 0.0932. The molecule has 6 nitrogen and oxygen atoms in total. The number of aromatic nitrogens is 1. The number of carbonyl (C=O) groups is 1. The Morgan fingerprint density at radius 3 is 2.76 bits per heavy atom. The zero-order chi connectivity index (χ0) is 17.6. The molecule has 1 aromatic heterocycles. The van der Waals surface area contributed by atoms with Gasteiger partial charge in [-0.15, -0.1) is 0 Å². The molecule has 0 unspecified atom stereocenters. The van der Waals surface area contributed by atoms with E-state index in [1.54, 1.807) is 4.57 Å². The zero-order valence-electron chi connectivity index (χ0n) is 14.9. The number of oxazole rings is 1. The SMILES string of the molecule is CCCCCNC(=O)C1CCN(Cn2c(=O)oc3ccccc32)CC1. The van der Waals surface area contributed by atoms with Gasteiger partial charge in [-0.05, 0) is 31.4 Å². The van der Waals surface area contributed by atoms with Crippen LogP contribution >= 0.6 is 0 Å². The van der Waals surface area contributed by atoms with Crippen LogP contribution in [0.4, 0.5) is 0 Å². The maximum atomic E-state index is 12.2. The van der Waals surface area contributed by atoms with Crippen LogP contribution in [0.1, 0.15) is 39.0 Å². The molecule has 3 rings (SSSR count). The highest BCUT2D eigenvalue weighted by Crippen LogP contribution is 2.19. The maximum absolute atomic E-state index is 12.2. The van der Waals surface area contributed by atoms with Crippen molar-refractivity contribution in [2.75, 3.05) is 19.6 Å². The highest BCUT2D eigenvalue weighted by molar-refractivity contribution is 5.78. The molecule has 0 atom stereocenters. The molecule has 2 heterocycles. The molecule has 1 aliphatic rings. The van der Waals surface area contributed by atoms with E-state index in [9.17, 15) is 9.59 Å². The van der Waals surface area contributed by atoms with Gasteiger partial charge in [-0.2, -0.15) is 0 Å². The van der Waals surface area contributed by atoms with Crippen LogP contribution < -0.4 is 11.1 Å². The fourth-order valence-electron chi connectivity index (χ4n) is 3.42. The largest absolute Gasteiger partial charge is 0.421 e. The Hall–Kier alpha value is -2.08. The van der Waals surface area contributed by atoms with Crippen molar-refractivity contribution in [3.8, 4) is 0 Å². The van der Waals surface area contributed by atoms with E-state index in [1.807, 2.05) is 24.3 Å². The first kappa shape index (κ1) is 17.7. The normalized spacial score (nSPS) is 16.4.